The van der Waals surface area contributed by atoms with E-state index in [0.717, 1.165) is 83.5 Å². The molecular formula is C35H72N8O2. The molecule has 0 aromatic carbocycles. The van der Waals surface area contributed by atoms with Gasteiger partial charge in [0.25, 0.3) is 0 Å². The maximum Gasteiger partial charge on any atom is 0.319 e. The van der Waals surface area contributed by atoms with E-state index in [1.807, 2.05) is 42.9 Å². The van der Waals surface area contributed by atoms with Gasteiger partial charge in [-0.25, -0.2) is 4.79 Å². The summed E-state index contributed by atoms with van der Waals surface area (Å²) < 4.78 is 0. The lowest BCUT2D eigenvalue weighted by atomic mass is 10.0. The van der Waals surface area contributed by atoms with Crippen LogP contribution in [0.25, 0.3) is 0 Å². The second kappa shape index (κ2) is 21.7. The van der Waals surface area contributed by atoms with E-state index >= 15 is 0 Å². The minimum Gasteiger partial charge on any atom is -0.370 e. The third-order valence-corrected chi connectivity index (χ3v) is 10.6. The molecule has 0 saturated heterocycles. The zero-order chi connectivity index (χ0) is 34.1. The van der Waals surface area contributed by atoms with E-state index in [0.29, 0.717) is 25.2 Å². The first-order valence-electron chi connectivity index (χ1n) is 18.0. The highest BCUT2D eigenvalue weighted by atomic mass is 16.2. The van der Waals surface area contributed by atoms with Crippen molar-refractivity contribution in [1.29, 1.82) is 5.41 Å². The summed E-state index contributed by atoms with van der Waals surface area (Å²) in [6.45, 7) is 14.1. The molecule has 0 aromatic heterocycles. The van der Waals surface area contributed by atoms with Gasteiger partial charge in [-0.1, -0.05) is 12.8 Å². The van der Waals surface area contributed by atoms with E-state index < -0.39 is 0 Å². The van der Waals surface area contributed by atoms with Gasteiger partial charge in [-0.2, -0.15) is 0 Å². The van der Waals surface area contributed by atoms with Crippen molar-refractivity contribution in [2.24, 2.45) is 11.7 Å². The van der Waals surface area contributed by atoms with Gasteiger partial charge in [-0.05, 0) is 126 Å². The van der Waals surface area contributed by atoms with Crippen LogP contribution in [0.1, 0.15) is 125 Å². The van der Waals surface area contributed by atoms with Gasteiger partial charge < -0.3 is 36.0 Å². The molecular weight excluding hydrogens is 564 g/mol. The van der Waals surface area contributed by atoms with Crippen LogP contribution in [0, 0.1) is 11.3 Å². The van der Waals surface area contributed by atoms with Crippen molar-refractivity contribution in [2.45, 2.75) is 161 Å². The molecule has 1 saturated carbocycles. The van der Waals surface area contributed by atoms with Gasteiger partial charge >= 0.3 is 6.03 Å². The highest BCUT2D eigenvalue weighted by molar-refractivity contribution is 5.79. The third kappa shape index (κ3) is 14.5. The highest BCUT2D eigenvalue weighted by Gasteiger charge is 2.31. The number of urea groups is 1. The van der Waals surface area contributed by atoms with Crippen molar-refractivity contribution in [3.63, 3.8) is 0 Å². The highest BCUT2D eigenvalue weighted by Crippen LogP contribution is 2.28. The summed E-state index contributed by atoms with van der Waals surface area (Å²) in [6, 6.07) is 1.58. The van der Waals surface area contributed by atoms with Crippen molar-refractivity contribution >= 4 is 17.9 Å². The molecule has 0 unspecified atom stereocenters. The third-order valence-electron chi connectivity index (χ3n) is 10.6. The lowest BCUT2D eigenvalue weighted by molar-refractivity contribution is -0.137. The Morgan fingerprint density at radius 2 is 1.07 bits per heavy atom. The number of rotatable bonds is 22. The van der Waals surface area contributed by atoms with Crippen LogP contribution in [0.3, 0.4) is 0 Å². The molecule has 1 aliphatic rings. The average Bonchev–Trinajstić information content (AvgIpc) is 3.56. The lowest BCUT2D eigenvalue weighted by Gasteiger charge is -2.36. The number of carbonyl (C=O) groups excluding carboxylic acids is 2. The summed E-state index contributed by atoms with van der Waals surface area (Å²) in [6.07, 6.45) is 13.3. The number of nitrogens with zero attached hydrogens (tertiary/aromatic N) is 4. The summed E-state index contributed by atoms with van der Waals surface area (Å²) >= 11 is 0. The normalized spacial score (nSPS) is 17.6. The predicted octanol–water partition coefficient (Wildman–Crippen LogP) is 5.46. The fourth-order valence-corrected chi connectivity index (χ4v) is 6.51. The molecule has 1 rings (SSSR count). The number of nitrogens with two attached hydrogens (primary N) is 1. The van der Waals surface area contributed by atoms with Gasteiger partial charge in [0, 0.05) is 69.4 Å². The Morgan fingerprint density at radius 3 is 1.49 bits per heavy atom. The summed E-state index contributed by atoms with van der Waals surface area (Å²) in [5.74, 6) is 0.481. The Balaban J connectivity index is 2.68. The molecule has 1 fully saturated rings. The van der Waals surface area contributed by atoms with Crippen LogP contribution in [0.5, 0.6) is 0 Å². The number of nitrogens with one attached hydrogen (secondary N) is 3. The maximum absolute atomic E-state index is 13.6. The molecule has 45 heavy (non-hydrogen) atoms. The Morgan fingerprint density at radius 1 is 0.689 bits per heavy atom. The summed E-state index contributed by atoms with van der Waals surface area (Å²) in [5.41, 5.74) is 6.10. The fraction of sp³-hybridized carbons (Fsp3) is 0.914. The largest absolute Gasteiger partial charge is 0.370 e. The number of hydrogen-bond donors (Lipinski definition) is 4. The zero-order valence-electron chi connectivity index (χ0n) is 30.8. The van der Waals surface area contributed by atoms with Crippen molar-refractivity contribution in [2.75, 3.05) is 41.3 Å². The van der Waals surface area contributed by atoms with E-state index in [-0.39, 0.29) is 48.0 Å². The topological polar surface area (TPSA) is 121 Å². The summed E-state index contributed by atoms with van der Waals surface area (Å²) in [7, 11) is 7.80. The molecule has 0 aromatic rings. The van der Waals surface area contributed by atoms with Crippen molar-refractivity contribution in [1.82, 2.24) is 30.2 Å². The van der Waals surface area contributed by atoms with E-state index in [4.69, 9.17) is 11.1 Å². The van der Waals surface area contributed by atoms with Gasteiger partial charge in [0.2, 0.25) is 5.91 Å². The summed E-state index contributed by atoms with van der Waals surface area (Å²) in [5, 5.41) is 14.9. The van der Waals surface area contributed by atoms with Crippen LogP contribution in [0.2, 0.25) is 0 Å². The first kappa shape index (κ1) is 41.0. The Kier molecular flexibility index (Phi) is 19.7. The molecule has 5 N–H and O–H groups in total. The Labute approximate surface area is 277 Å². The molecule has 6 atom stereocenters. The second-order valence-electron chi connectivity index (χ2n) is 14.2. The zero-order valence-corrected chi connectivity index (χ0v) is 30.8. The molecule has 0 bridgehead atoms. The average molecular weight is 637 g/mol. The van der Waals surface area contributed by atoms with Crippen LogP contribution in [-0.4, -0.2) is 115 Å². The number of amides is 3. The van der Waals surface area contributed by atoms with E-state index in [1.54, 1.807) is 0 Å². The van der Waals surface area contributed by atoms with Crippen molar-refractivity contribution in [3.8, 4) is 0 Å². The molecule has 10 heteroatoms. The molecule has 10 nitrogen and oxygen atoms in total. The van der Waals surface area contributed by atoms with Crippen molar-refractivity contribution in [3.05, 3.63) is 0 Å². The Hall–Kier alpha value is -2.07. The van der Waals surface area contributed by atoms with Crippen LogP contribution in [0.15, 0.2) is 0 Å². The van der Waals surface area contributed by atoms with Crippen LogP contribution in [-0.2, 0) is 4.79 Å². The molecule has 0 spiro atoms. The first-order valence-corrected chi connectivity index (χ1v) is 18.0. The number of carbonyl (C=O) groups is 2. The monoisotopic (exact) mass is 637 g/mol. The maximum atomic E-state index is 13.6. The van der Waals surface area contributed by atoms with Crippen LogP contribution in [0.4, 0.5) is 4.79 Å². The molecule has 0 radical (unpaired) electrons. The molecule has 1 aliphatic carbocycles. The van der Waals surface area contributed by atoms with Crippen molar-refractivity contribution < 1.29 is 9.59 Å². The first-order chi connectivity index (χ1) is 21.2. The molecule has 264 valence electrons. The molecule has 0 heterocycles. The van der Waals surface area contributed by atoms with Gasteiger partial charge in [0.15, 0.2) is 5.96 Å². The second-order valence-corrected chi connectivity index (χ2v) is 14.2. The van der Waals surface area contributed by atoms with Gasteiger partial charge in [0.05, 0.1) is 0 Å². The smallest absolute Gasteiger partial charge is 0.319 e. The van der Waals surface area contributed by atoms with Gasteiger partial charge in [-0.15, -0.1) is 0 Å². The van der Waals surface area contributed by atoms with Crippen LogP contribution >= 0.6 is 0 Å². The van der Waals surface area contributed by atoms with E-state index in [1.165, 1.54) is 0 Å². The van der Waals surface area contributed by atoms with E-state index in [9.17, 15) is 9.59 Å². The lowest BCUT2D eigenvalue weighted by Crippen LogP contribution is -2.50. The predicted molar refractivity (Wildman–Crippen MR) is 190 cm³/mol. The van der Waals surface area contributed by atoms with E-state index in [2.05, 4.69) is 57.1 Å². The van der Waals surface area contributed by atoms with Gasteiger partial charge in [0.1, 0.15) is 0 Å². The molecule has 0 aliphatic heterocycles. The quantitative estimate of drug-likeness (QED) is 0.0925. The minimum atomic E-state index is 0.0614. The minimum absolute atomic E-state index is 0.0614. The fourth-order valence-electron chi connectivity index (χ4n) is 6.51. The Bertz CT molecular complexity index is 852. The summed E-state index contributed by atoms with van der Waals surface area (Å²) in [4.78, 5) is 34.6. The number of hydrogen-bond acceptors (Lipinski definition) is 5. The van der Waals surface area contributed by atoms with Gasteiger partial charge in [-0.3, -0.25) is 10.2 Å². The molecule has 3 amide bonds. The SMILES string of the molecule is CN[C@H](C)CCC[C@@H](C)N(C)C(=O)N(C)[C@H](C)CCC[C@@H](C)N(CCN(C(=O)C1CCCC1)[C@H](C)CCC[C@@H](C)NC)C(=N)N. The standard InChI is InChI=1S/C35H72N8O2/c1-26(38-7)16-13-18-28(3)40(9)35(45)41(10)29(4)19-15-21-31(6)43(34(36)37)25-24-42(33(44)32-22-11-12-23-32)30(5)20-14-17-27(2)39-8/h26-32,38-39H,11-25H2,1-10H3,(H3,36,37)/t26-,27-,28-,29-,30-,31-/m1/s1. The van der Waals surface area contributed by atoms with Crippen LogP contribution < -0.4 is 16.4 Å². The number of guanidine groups is 1.